The Morgan fingerprint density at radius 1 is 1.14 bits per heavy atom. The molecule has 28 heavy (non-hydrogen) atoms. The minimum absolute atomic E-state index is 0.134. The van der Waals surface area contributed by atoms with Crippen molar-refractivity contribution in [2.24, 2.45) is 0 Å². The molecule has 0 N–H and O–H groups in total. The maximum atomic E-state index is 13.3. The van der Waals surface area contributed by atoms with Crippen molar-refractivity contribution in [2.45, 2.75) is 6.42 Å². The summed E-state index contributed by atoms with van der Waals surface area (Å²) >= 11 is 0. The Kier molecular flexibility index (Phi) is 4.80. The van der Waals surface area contributed by atoms with Crippen LogP contribution in [0.15, 0.2) is 65.5 Å². The lowest BCUT2D eigenvalue weighted by molar-refractivity contribution is 0.0797. The lowest BCUT2D eigenvalue weighted by Crippen LogP contribution is -2.29. The summed E-state index contributed by atoms with van der Waals surface area (Å²) in [5.74, 6) is 0.0960. The molecule has 0 aliphatic rings. The largest absolute Gasteiger partial charge is 0.343 e. The highest BCUT2D eigenvalue weighted by Gasteiger charge is 2.18. The smallest absolute Gasteiger partial charge is 0.254 e. The van der Waals surface area contributed by atoms with Gasteiger partial charge < -0.3 is 9.42 Å². The van der Waals surface area contributed by atoms with Crippen LogP contribution in [0.5, 0.6) is 0 Å². The highest BCUT2D eigenvalue weighted by Crippen LogP contribution is 2.26. The number of hydrogen-bond donors (Lipinski definition) is 0. The minimum atomic E-state index is -0.318. The van der Waals surface area contributed by atoms with Crippen LogP contribution in [-0.2, 0) is 6.42 Å². The Hall–Kier alpha value is -3.61. The van der Waals surface area contributed by atoms with E-state index in [9.17, 15) is 9.18 Å². The van der Waals surface area contributed by atoms with Gasteiger partial charge in [0.15, 0.2) is 5.82 Å². The van der Waals surface area contributed by atoms with Gasteiger partial charge in [-0.05, 0) is 36.4 Å². The molecule has 0 radical (unpaired) electrons. The zero-order valence-electron chi connectivity index (χ0n) is 15.2. The van der Waals surface area contributed by atoms with Crippen LogP contribution in [0.1, 0.15) is 16.2 Å². The first kappa shape index (κ1) is 17.8. The molecule has 0 saturated heterocycles. The molecule has 0 saturated carbocycles. The zero-order valence-corrected chi connectivity index (χ0v) is 15.2. The molecule has 2 aromatic carbocycles. The number of fused-ring (bicyclic) bond motifs is 1. The Labute approximate surface area is 160 Å². The molecule has 4 rings (SSSR count). The van der Waals surface area contributed by atoms with Crippen LogP contribution in [0.25, 0.3) is 22.2 Å². The lowest BCUT2D eigenvalue weighted by atomic mass is 10.0. The molecule has 0 fully saturated rings. The highest BCUT2D eigenvalue weighted by molar-refractivity contribution is 6.07. The van der Waals surface area contributed by atoms with E-state index in [2.05, 4.69) is 15.1 Å². The molecule has 0 atom stereocenters. The second kappa shape index (κ2) is 7.56. The van der Waals surface area contributed by atoms with E-state index in [1.54, 1.807) is 30.1 Å². The number of hydrogen-bond acceptors (Lipinski definition) is 5. The topological polar surface area (TPSA) is 72.1 Å². The monoisotopic (exact) mass is 376 g/mol. The molecule has 6 nitrogen and oxygen atoms in total. The summed E-state index contributed by atoms with van der Waals surface area (Å²) in [6, 6.07) is 15.3. The molecule has 0 unspecified atom stereocenters. The van der Waals surface area contributed by atoms with Crippen LogP contribution in [-0.4, -0.2) is 39.5 Å². The molecule has 4 aromatic rings. The van der Waals surface area contributed by atoms with Crippen LogP contribution >= 0.6 is 0 Å². The molecule has 2 heterocycles. The Balaban J connectivity index is 1.70. The molecule has 0 spiro atoms. The summed E-state index contributed by atoms with van der Waals surface area (Å²) in [6.45, 7) is 0.445. The number of amides is 1. The quantitative estimate of drug-likeness (QED) is 0.531. The summed E-state index contributed by atoms with van der Waals surface area (Å²) < 4.78 is 18.0. The molecule has 2 aromatic heterocycles. The number of halogens is 1. The Bertz CT molecular complexity index is 1110. The Morgan fingerprint density at radius 2 is 1.93 bits per heavy atom. The van der Waals surface area contributed by atoms with Gasteiger partial charge in [0.1, 0.15) is 5.82 Å². The van der Waals surface area contributed by atoms with Crippen LogP contribution in [0.3, 0.4) is 0 Å². The molecular formula is C21H17FN4O2. The number of para-hydroxylation sites is 1. The van der Waals surface area contributed by atoms with Crippen LogP contribution in [0.4, 0.5) is 4.39 Å². The Morgan fingerprint density at radius 3 is 2.68 bits per heavy atom. The third kappa shape index (κ3) is 3.59. The number of nitrogens with zero attached hydrogens (tertiary/aromatic N) is 4. The van der Waals surface area contributed by atoms with Crippen molar-refractivity contribution in [3.63, 3.8) is 0 Å². The van der Waals surface area contributed by atoms with E-state index in [1.807, 2.05) is 24.3 Å². The van der Waals surface area contributed by atoms with Gasteiger partial charge in [0.25, 0.3) is 5.91 Å². The third-order valence-corrected chi connectivity index (χ3v) is 4.51. The predicted octanol–water partition coefficient (Wildman–Crippen LogP) is 3.74. The number of pyridine rings is 1. The standard InChI is InChI=1S/C21H17FN4O2/c1-26(11-10-20-23-13-28-25-20)21(27)17-12-19(14-6-8-15(22)9-7-14)24-18-5-3-2-4-16(17)18/h2-9,12-13H,10-11H2,1H3. The summed E-state index contributed by atoms with van der Waals surface area (Å²) in [7, 11) is 1.73. The van der Waals surface area contributed by atoms with Crippen molar-refractivity contribution in [1.82, 2.24) is 20.0 Å². The number of rotatable bonds is 5. The van der Waals surface area contributed by atoms with E-state index in [0.717, 1.165) is 10.9 Å². The fraction of sp³-hybridized carbons (Fsp3) is 0.143. The molecule has 140 valence electrons. The average Bonchev–Trinajstić information content (AvgIpc) is 3.25. The summed E-state index contributed by atoms with van der Waals surface area (Å²) in [5.41, 5.74) is 2.61. The van der Waals surface area contributed by atoms with E-state index < -0.39 is 0 Å². The number of carbonyl (C=O) groups is 1. The van der Waals surface area contributed by atoms with Crippen molar-refractivity contribution >= 4 is 16.8 Å². The number of likely N-dealkylation sites (N-methyl/N-ethyl adjacent to an activating group) is 1. The fourth-order valence-corrected chi connectivity index (χ4v) is 3.00. The molecule has 0 aliphatic heterocycles. The maximum Gasteiger partial charge on any atom is 0.254 e. The van der Waals surface area contributed by atoms with E-state index >= 15 is 0 Å². The van der Waals surface area contributed by atoms with Crippen molar-refractivity contribution in [1.29, 1.82) is 0 Å². The maximum absolute atomic E-state index is 13.3. The van der Waals surface area contributed by atoms with E-state index in [1.165, 1.54) is 18.5 Å². The van der Waals surface area contributed by atoms with Crippen molar-refractivity contribution < 1.29 is 13.7 Å². The summed E-state index contributed by atoms with van der Waals surface area (Å²) in [6.07, 6.45) is 1.76. The molecule has 7 heteroatoms. The highest BCUT2D eigenvalue weighted by atomic mass is 19.1. The van der Waals surface area contributed by atoms with Gasteiger partial charge >= 0.3 is 0 Å². The number of aromatic nitrogens is 3. The lowest BCUT2D eigenvalue weighted by Gasteiger charge is -2.18. The number of benzene rings is 2. The predicted molar refractivity (Wildman–Crippen MR) is 102 cm³/mol. The van der Waals surface area contributed by atoms with Crippen molar-refractivity contribution in [3.8, 4) is 11.3 Å². The molecular weight excluding hydrogens is 359 g/mol. The van der Waals surface area contributed by atoms with Gasteiger partial charge in [0.05, 0.1) is 16.8 Å². The van der Waals surface area contributed by atoms with Crippen LogP contribution in [0, 0.1) is 5.82 Å². The first-order valence-corrected chi connectivity index (χ1v) is 8.78. The number of carbonyl (C=O) groups excluding carboxylic acids is 1. The first-order chi connectivity index (χ1) is 13.6. The van der Waals surface area contributed by atoms with E-state index in [-0.39, 0.29) is 11.7 Å². The SMILES string of the molecule is CN(CCc1ncon1)C(=O)c1cc(-c2ccc(F)cc2)nc2ccccc12. The van der Waals surface area contributed by atoms with Crippen LogP contribution in [0.2, 0.25) is 0 Å². The van der Waals surface area contributed by atoms with Gasteiger partial charge in [0.2, 0.25) is 6.39 Å². The summed E-state index contributed by atoms with van der Waals surface area (Å²) in [5, 5.41) is 4.53. The molecule has 1 amide bonds. The van der Waals surface area contributed by atoms with Gasteiger partial charge in [-0.3, -0.25) is 4.79 Å². The van der Waals surface area contributed by atoms with Crippen molar-refractivity contribution in [2.75, 3.05) is 13.6 Å². The normalized spacial score (nSPS) is 10.9. The van der Waals surface area contributed by atoms with Gasteiger partial charge in [-0.2, -0.15) is 4.98 Å². The van der Waals surface area contributed by atoms with Gasteiger partial charge in [0, 0.05) is 31.0 Å². The zero-order chi connectivity index (χ0) is 19.5. The second-order valence-electron chi connectivity index (χ2n) is 6.40. The van der Waals surface area contributed by atoms with Crippen LogP contribution < -0.4 is 0 Å². The third-order valence-electron chi connectivity index (χ3n) is 4.51. The fourth-order valence-electron chi connectivity index (χ4n) is 3.00. The van der Waals surface area contributed by atoms with Crippen molar-refractivity contribution in [3.05, 3.63) is 78.2 Å². The van der Waals surface area contributed by atoms with Gasteiger partial charge in [-0.1, -0.05) is 23.4 Å². The average molecular weight is 376 g/mol. The van der Waals surface area contributed by atoms with Gasteiger partial charge in [-0.25, -0.2) is 9.37 Å². The summed E-state index contributed by atoms with van der Waals surface area (Å²) in [4.78, 5) is 23.4. The second-order valence-corrected chi connectivity index (χ2v) is 6.40. The molecule has 0 bridgehead atoms. The molecule has 0 aliphatic carbocycles. The van der Waals surface area contributed by atoms with E-state index in [0.29, 0.717) is 35.6 Å². The van der Waals surface area contributed by atoms with E-state index in [4.69, 9.17) is 4.52 Å². The minimum Gasteiger partial charge on any atom is -0.343 e. The van der Waals surface area contributed by atoms with Gasteiger partial charge in [-0.15, -0.1) is 0 Å². The first-order valence-electron chi connectivity index (χ1n) is 8.78.